The summed E-state index contributed by atoms with van der Waals surface area (Å²) in [6.07, 6.45) is 8.84. The number of amides is 1. The minimum atomic E-state index is -0.358. The zero-order chi connectivity index (χ0) is 15.6. The lowest BCUT2D eigenvalue weighted by Gasteiger charge is -2.22. The van der Waals surface area contributed by atoms with E-state index in [9.17, 15) is 4.79 Å². The molecule has 1 saturated carbocycles. The zero-order valence-electron chi connectivity index (χ0n) is 13.5. The fraction of sp³-hybridized carbons (Fsp3) is 0.611. The molecule has 1 aliphatic rings. The summed E-state index contributed by atoms with van der Waals surface area (Å²) in [6.45, 7) is 2.90. The molecule has 22 heavy (non-hydrogen) atoms. The van der Waals surface area contributed by atoms with Crippen molar-refractivity contribution in [3.8, 4) is 11.5 Å². The van der Waals surface area contributed by atoms with Crippen LogP contribution in [0.3, 0.4) is 0 Å². The summed E-state index contributed by atoms with van der Waals surface area (Å²) in [5, 5.41) is 2.94. The van der Waals surface area contributed by atoms with Gasteiger partial charge in [0.15, 0.2) is 0 Å². The van der Waals surface area contributed by atoms with Crippen LogP contribution in [0.2, 0.25) is 0 Å². The molecule has 1 aliphatic carbocycles. The third-order valence-corrected chi connectivity index (χ3v) is 3.98. The number of rotatable bonds is 7. The van der Waals surface area contributed by atoms with Crippen LogP contribution in [0.4, 0.5) is 4.79 Å². The topological polar surface area (TPSA) is 47.6 Å². The average Bonchev–Trinajstić information content (AvgIpc) is 2.54. The number of hydrogen-bond acceptors (Lipinski definition) is 3. The van der Waals surface area contributed by atoms with Gasteiger partial charge in [0.25, 0.3) is 0 Å². The zero-order valence-corrected chi connectivity index (χ0v) is 13.5. The van der Waals surface area contributed by atoms with Crippen LogP contribution in [0.15, 0.2) is 24.3 Å². The molecule has 1 fully saturated rings. The van der Waals surface area contributed by atoms with Gasteiger partial charge >= 0.3 is 6.09 Å². The van der Waals surface area contributed by atoms with Gasteiger partial charge in [-0.05, 0) is 43.5 Å². The van der Waals surface area contributed by atoms with Crippen molar-refractivity contribution < 1.29 is 14.3 Å². The maximum absolute atomic E-state index is 11.8. The van der Waals surface area contributed by atoms with Gasteiger partial charge in [0.2, 0.25) is 0 Å². The normalized spacial score (nSPS) is 15.3. The Balaban J connectivity index is 1.71. The highest BCUT2D eigenvalue weighted by Gasteiger charge is 2.16. The maximum Gasteiger partial charge on any atom is 0.412 e. The molecule has 0 bridgehead atoms. The summed E-state index contributed by atoms with van der Waals surface area (Å²) >= 11 is 0. The Kier molecular flexibility index (Phi) is 7.07. The monoisotopic (exact) mass is 305 g/mol. The summed E-state index contributed by atoms with van der Waals surface area (Å²) in [6, 6.07) is 7.50. The summed E-state index contributed by atoms with van der Waals surface area (Å²) in [5.41, 5.74) is 0. The van der Waals surface area contributed by atoms with E-state index in [0.717, 1.165) is 31.6 Å². The van der Waals surface area contributed by atoms with Crippen LogP contribution in [-0.4, -0.2) is 18.7 Å². The van der Waals surface area contributed by atoms with E-state index in [1.165, 1.54) is 32.1 Å². The van der Waals surface area contributed by atoms with Gasteiger partial charge in [0.05, 0.1) is 6.61 Å². The van der Waals surface area contributed by atoms with E-state index in [1.807, 2.05) is 12.1 Å². The molecule has 0 saturated heterocycles. The SMILES string of the molecule is CCCCCOc1ccc(OC(=O)NC2CCCCC2)cc1. The molecule has 0 heterocycles. The number of hydrogen-bond donors (Lipinski definition) is 1. The Labute approximate surface area is 133 Å². The highest BCUT2D eigenvalue weighted by molar-refractivity contribution is 5.70. The van der Waals surface area contributed by atoms with Crippen LogP contribution >= 0.6 is 0 Å². The number of benzene rings is 1. The van der Waals surface area contributed by atoms with Crippen molar-refractivity contribution in [2.45, 2.75) is 64.3 Å². The summed E-state index contributed by atoms with van der Waals surface area (Å²) in [7, 11) is 0. The van der Waals surface area contributed by atoms with Gasteiger partial charge < -0.3 is 14.8 Å². The minimum Gasteiger partial charge on any atom is -0.494 e. The predicted octanol–water partition coefficient (Wildman–Crippen LogP) is 4.68. The largest absolute Gasteiger partial charge is 0.494 e. The number of carbonyl (C=O) groups is 1. The highest BCUT2D eigenvalue weighted by Crippen LogP contribution is 2.20. The molecular formula is C18H27NO3. The first kappa shape index (κ1) is 16.7. The van der Waals surface area contributed by atoms with Crippen LogP contribution in [0.25, 0.3) is 0 Å². The van der Waals surface area contributed by atoms with Crippen LogP contribution in [0.1, 0.15) is 58.3 Å². The van der Waals surface area contributed by atoms with Gasteiger partial charge in [-0.2, -0.15) is 0 Å². The quantitative estimate of drug-likeness (QED) is 0.744. The van der Waals surface area contributed by atoms with Gasteiger partial charge in [-0.15, -0.1) is 0 Å². The molecule has 1 aromatic rings. The lowest BCUT2D eigenvalue weighted by Crippen LogP contribution is -2.37. The third kappa shape index (κ3) is 5.96. The Morgan fingerprint density at radius 1 is 1.09 bits per heavy atom. The molecule has 4 nitrogen and oxygen atoms in total. The lowest BCUT2D eigenvalue weighted by molar-refractivity contribution is 0.192. The fourth-order valence-electron chi connectivity index (χ4n) is 2.70. The van der Waals surface area contributed by atoms with Gasteiger partial charge in [0.1, 0.15) is 11.5 Å². The van der Waals surface area contributed by atoms with Gasteiger partial charge in [-0.3, -0.25) is 0 Å². The molecule has 1 aromatic carbocycles. The van der Waals surface area contributed by atoms with E-state index in [0.29, 0.717) is 5.75 Å². The molecule has 1 amide bonds. The maximum atomic E-state index is 11.8. The van der Waals surface area contributed by atoms with E-state index in [4.69, 9.17) is 9.47 Å². The highest BCUT2D eigenvalue weighted by atomic mass is 16.6. The second-order valence-corrected chi connectivity index (χ2v) is 5.90. The van der Waals surface area contributed by atoms with Crippen molar-refractivity contribution in [1.82, 2.24) is 5.32 Å². The molecule has 0 spiro atoms. The average molecular weight is 305 g/mol. The van der Waals surface area contributed by atoms with Crippen molar-refractivity contribution >= 4 is 6.09 Å². The van der Waals surface area contributed by atoms with Crippen LogP contribution in [0, 0.1) is 0 Å². The Bertz CT molecular complexity index is 438. The van der Waals surface area contributed by atoms with Gasteiger partial charge in [0, 0.05) is 6.04 Å². The van der Waals surface area contributed by atoms with E-state index < -0.39 is 0 Å². The second kappa shape index (κ2) is 9.34. The molecule has 1 N–H and O–H groups in total. The smallest absolute Gasteiger partial charge is 0.412 e. The van der Waals surface area contributed by atoms with Gasteiger partial charge in [-0.25, -0.2) is 4.79 Å². The van der Waals surface area contributed by atoms with E-state index >= 15 is 0 Å². The van der Waals surface area contributed by atoms with Crippen LogP contribution in [0.5, 0.6) is 11.5 Å². The summed E-state index contributed by atoms with van der Waals surface area (Å²) in [4.78, 5) is 11.8. The Morgan fingerprint density at radius 2 is 1.77 bits per heavy atom. The molecule has 0 unspecified atom stereocenters. The minimum absolute atomic E-state index is 0.266. The number of nitrogens with one attached hydrogen (secondary N) is 1. The van der Waals surface area contributed by atoms with Crippen LogP contribution in [-0.2, 0) is 0 Å². The molecule has 2 rings (SSSR count). The first-order valence-corrected chi connectivity index (χ1v) is 8.49. The predicted molar refractivity (Wildman–Crippen MR) is 87.5 cm³/mol. The Hall–Kier alpha value is -1.71. The lowest BCUT2D eigenvalue weighted by atomic mass is 9.96. The van der Waals surface area contributed by atoms with Crippen molar-refractivity contribution in [3.05, 3.63) is 24.3 Å². The molecule has 4 heteroatoms. The number of ether oxygens (including phenoxy) is 2. The van der Waals surface area contributed by atoms with E-state index in [1.54, 1.807) is 12.1 Å². The molecule has 122 valence electrons. The Morgan fingerprint density at radius 3 is 2.45 bits per heavy atom. The summed E-state index contributed by atoms with van der Waals surface area (Å²) in [5.74, 6) is 1.37. The molecule has 0 atom stereocenters. The van der Waals surface area contributed by atoms with Crippen molar-refractivity contribution in [2.75, 3.05) is 6.61 Å². The standard InChI is InChI=1S/C18H27NO3/c1-2-3-7-14-21-16-10-12-17(13-11-16)22-18(20)19-15-8-5-4-6-9-15/h10-13,15H,2-9,14H2,1H3,(H,19,20). The fourth-order valence-corrected chi connectivity index (χ4v) is 2.70. The first-order chi connectivity index (χ1) is 10.8. The molecular weight excluding hydrogens is 278 g/mol. The van der Waals surface area contributed by atoms with Crippen molar-refractivity contribution in [2.24, 2.45) is 0 Å². The second-order valence-electron chi connectivity index (χ2n) is 5.90. The van der Waals surface area contributed by atoms with Crippen LogP contribution < -0.4 is 14.8 Å². The number of carbonyl (C=O) groups excluding carboxylic acids is 1. The molecule has 0 aliphatic heterocycles. The summed E-state index contributed by atoms with van der Waals surface area (Å²) < 4.78 is 10.9. The van der Waals surface area contributed by atoms with E-state index in [2.05, 4.69) is 12.2 Å². The first-order valence-electron chi connectivity index (χ1n) is 8.49. The molecule has 0 radical (unpaired) electrons. The third-order valence-electron chi connectivity index (χ3n) is 3.98. The number of unbranched alkanes of at least 4 members (excludes halogenated alkanes) is 2. The van der Waals surface area contributed by atoms with Crippen molar-refractivity contribution in [3.63, 3.8) is 0 Å². The van der Waals surface area contributed by atoms with Gasteiger partial charge in [-0.1, -0.05) is 39.0 Å². The van der Waals surface area contributed by atoms with E-state index in [-0.39, 0.29) is 12.1 Å². The molecule has 0 aromatic heterocycles. The van der Waals surface area contributed by atoms with Crippen molar-refractivity contribution in [1.29, 1.82) is 0 Å².